The number of unbranched alkanes of at least 4 members (excludes halogenated alkanes) is 2. The Morgan fingerprint density at radius 1 is 0.511 bits per heavy atom. The molecule has 0 saturated heterocycles. The lowest BCUT2D eigenvalue weighted by Crippen LogP contribution is -2.30. The van der Waals surface area contributed by atoms with E-state index >= 15 is 0 Å². The summed E-state index contributed by atoms with van der Waals surface area (Å²) in [6, 6.07) is 5.66. The molecule has 0 N–H and O–H groups in total. The van der Waals surface area contributed by atoms with Crippen LogP contribution in [0.4, 0.5) is 17.6 Å². The van der Waals surface area contributed by atoms with Crippen molar-refractivity contribution in [1.82, 2.24) is 0 Å². The first-order chi connectivity index (χ1) is 22.2. The minimum absolute atomic E-state index is 0.0756. The zero-order chi connectivity index (χ0) is 33.7. The number of alkyl halides is 4. The summed E-state index contributed by atoms with van der Waals surface area (Å²) < 4.78 is 56.8. The molecule has 3 heterocycles. The van der Waals surface area contributed by atoms with Gasteiger partial charge in [-0.3, -0.25) is 28.8 Å². The third-order valence-electron chi connectivity index (χ3n) is 8.74. The number of hydrogen-bond donors (Lipinski definition) is 0. The van der Waals surface area contributed by atoms with Crippen molar-refractivity contribution in [3.05, 3.63) is 78.5 Å². The van der Waals surface area contributed by atoms with Crippen LogP contribution in [0.5, 0.6) is 0 Å². The van der Waals surface area contributed by atoms with Gasteiger partial charge in [0.25, 0.3) is 11.6 Å². The first kappa shape index (κ1) is 31.6. The molecule has 0 atom stereocenters. The van der Waals surface area contributed by atoms with Crippen LogP contribution in [0.3, 0.4) is 0 Å². The normalized spacial score (nSPS) is 17.4. The van der Waals surface area contributed by atoms with Crippen LogP contribution < -0.4 is 0 Å². The highest BCUT2D eigenvalue weighted by Gasteiger charge is 2.58. The van der Waals surface area contributed by atoms with Gasteiger partial charge in [-0.05, 0) is 61.1 Å². The van der Waals surface area contributed by atoms with Crippen molar-refractivity contribution in [2.75, 3.05) is 0 Å². The molecule has 1 aromatic carbocycles. The molecule has 0 bridgehead atoms. The van der Waals surface area contributed by atoms with Gasteiger partial charge in [0.05, 0.1) is 30.6 Å². The number of Topliss-reactive ketones (excluding diaryl/α,β-unsaturated/α-hetero) is 4. The fraction of sp³-hybridized carbons (Fsp3) is 0.294. The van der Waals surface area contributed by atoms with Crippen LogP contribution in [0.2, 0.25) is 0 Å². The molecule has 0 unspecified atom stereocenters. The maximum Gasteiger partial charge on any atom is 0.372 e. The molecule has 0 radical (unpaired) electrons. The molecule has 0 aliphatic heterocycles. The van der Waals surface area contributed by atoms with Gasteiger partial charge in [-0.2, -0.15) is 17.6 Å². The van der Waals surface area contributed by atoms with Crippen molar-refractivity contribution in [1.29, 1.82) is 0 Å². The fourth-order valence-corrected chi connectivity index (χ4v) is 10.0. The van der Waals surface area contributed by atoms with Crippen molar-refractivity contribution in [2.24, 2.45) is 0 Å². The second-order valence-corrected chi connectivity index (χ2v) is 14.8. The number of ketones is 6. The standard InChI is InChI=1S/C34H22F4O6S3/c1-3-5-7-13-9-15-16(10-14(13)8-6-4-2)24(40)22-21(23(15)39)27(19-11-17-25(45-19)31(43)33(35,36)29(17)41)47-28(22)20-12-18-26(46-20)32(44)34(37,38)30(18)42/h9-12H,3-8H2,1-2H3. The maximum atomic E-state index is 14.4. The molecule has 13 heteroatoms. The number of rotatable bonds is 8. The molecular formula is C34H22F4O6S3. The van der Waals surface area contributed by atoms with Gasteiger partial charge < -0.3 is 0 Å². The van der Waals surface area contributed by atoms with Crippen LogP contribution in [0.15, 0.2) is 24.3 Å². The van der Waals surface area contributed by atoms with Crippen LogP contribution in [0.25, 0.3) is 19.5 Å². The van der Waals surface area contributed by atoms with Gasteiger partial charge in [0.1, 0.15) is 0 Å². The summed E-state index contributed by atoms with van der Waals surface area (Å²) in [5.41, 5.74) is 1.04. The number of carbonyl (C=O) groups is 6. The van der Waals surface area contributed by atoms with E-state index in [0.717, 1.165) is 60.3 Å². The number of fused-ring (bicyclic) bond motifs is 4. The van der Waals surface area contributed by atoms with Crippen LogP contribution in [-0.2, 0) is 12.8 Å². The third-order valence-corrected chi connectivity index (χ3v) is 12.6. The molecule has 4 aromatic rings. The highest BCUT2D eigenvalue weighted by atomic mass is 32.1. The summed E-state index contributed by atoms with van der Waals surface area (Å²) in [5.74, 6) is -16.1. The predicted octanol–water partition coefficient (Wildman–Crippen LogP) is 8.69. The van der Waals surface area contributed by atoms with Crippen LogP contribution >= 0.6 is 34.0 Å². The molecule has 0 fully saturated rings. The minimum Gasteiger partial charge on any atom is -0.289 e. The molecule has 6 nitrogen and oxygen atoms in total. The highest BCUT2D eigenvalue weighted by Crippen LogP contribution is 2.53. The largest absolute Gasteiger partial charge is 0.372 e. The Balaban J connectivity index is 1.45. The summed E-state index contributed by atoms with van der Waals surface area (Å²) >= 11 is 2.07. The number of aryl methyl sites for hydroxylation is 2. The van der Waals surface area contributed by atoms with Crippen molar-refractivity contribution in [3.8, 4) is 19.5 Å². The lowest BCUT2D eigenvalue weighted by Gasteiger charge is -2.20. The Labute approximate surface area is 276 Å². The first-order valence-electron chi connectivity index (χ1n) is 14.9. The number of halogens is 4. The van der Waals surface area contributed by atoms with E-state index in [9.17, 15) is 46.3 Å². The predicted molar refractivity (Wildman–Crippen MR) is 169 cm³/mol. The monoisotopic (exact) mass is 698 g/mol. The zero-order valence-corrected chi connectivity index (χ0v) is 27.2. The first-order valence-corrected chi connectivity index (χ1v) is 17.3. The highest BCUT2D eigenvalue weighted by molar-refractivity contribution is 7.28. The van der Waals surface area contributed by atoms with Crippen molar-refractivity contribution in [2.45, 2.75) is 64.2 Å². The van der Waals surface area contributed by atoms with Crippen LogP contribution in [-0.4, -0.2) is 46.5 Å². The van der Waals surface area contributed by atoms with E-state index in [2.05, 4.69) is 0 Å². The van der Waals surface area contributed by atoms with E-state index in [1.54, 1.807) is 12.1 Å². The van der Waals surface area contributed by atoms with Gasteiger partial charge in [0.2, 0.25) is 11.6 Å². The Bertz CT molecular complexity index is 1930. The maximum absolute atomic E-state index is 14.4. The van der Waals surface area contributed by atoms with Crippen LogP contribution in [0, 0.1) is 0 Å². The third kappa shape index (κ3) is 4.39. The van der Waals surface area contributed by atoms with E-state index in [-0.39, 0.29) is 41.8 Å². The average molecular weight is 699 g/mol. The Kier molecular flexibility index (Phi) is 7.27. The summed E-state index contributed by atoms with van der Waals surface area (Å²) in [4.78, 5) is 77.9. The van der Waals surface area contributed by atoms with E-state index in [1.165, 1.54) is 0 Å². The average Bonchev–Trinajstić information content (AvgIpc) is 3.83. The molecular weight excluding hydrogens is 677 g/mol. The number of benzene rings is 1. The van der Waals surface area contributed by atoms with Gasteiger partial charge in [0.15, 0.2) is 11.6 Å². The molecule has 0 saturated carbocycles. The fourth-order valence-electron chi connectivity index (χ4n) is 6.26. The van der Waals surface area contributed by atoms with Crippen molar-refractivity contribution < 1.29 is 46.3 Å². The Morgan fingerprint density at radius 2 is 0.894 bits per heavy atom. The summed E-state index contributed by atoms with van der Waals surface area (Å²) in [5, 5.41) is 0. The lowest BCUT2D eigenvalue weighted by molar-refractivity contribution is 0.0187. The van der Waals surface area contributed by atoms with Crippen molar-refractivity contribution in [3.63, 3.8) is 0 Å². The molecule has 47 heavy (non-hydrogen) atoms. The summed E-state index contributed by atoms with van der Waals surface area (Å²) in [7, 11) is 0. The van der Waals surface area contributed by atoms with E-state index < -0.39 is 67.4 Å². The van der Waals surface area contributed by atoms with Gasteiger partial charge in [-0.1, -0.05) is 26.7 Å². The number of hydrogen-bond acceptors (Lipinski definition) is 9. The number of thiophene rings is 3. The smallest absolute Gasteiger partial charge is 0.289 e. The molecule has 0 spiro atoms. The summed E-state index contributed by atoms with van der Waals surface area (Å²) in [6.45, 7) is 4.08. The molecule has 3 aliphatic carbocycles. The lowest BCUT2D eigenvalue weighted by atomic mass is 9.80. The second kappa shape index (κ2) is 10.8. The van der Waals surface area contributed by atoms with E-state index in [0.29, 0.717) is 35.5 Å². The summed E-state index contributed by atoms with van der Waals surface area (Å²) in [6.07, 6.45) is 4.88. The minimum atomic E-state index is -4.20. The Hall–Kier alpha value is -3.94. The van der Waals surface area contributed by atoms with E-state index in [4.69, 9.17) is 0 Å². The SMILES string of the molecule is CCCCc1cc2c(cc1CCCC)C(=O)c1c(-c3cc4c(s3)C(=O)C(F)(F)C4=O)sc(-c3cc4c(s3)C(=O)C(F)(F)C4=O)c1C2=O. The zero-order valence-electron chi connectivity index (χ0n) is 24.7. The molecule has 3 aliphatic rings. The molecule has 7 rings (SSSR count). The second-order valence-electron chi connectivity index (χ2n) is 11.7. The Morgan fingerprint density at radius 3 is 1.23 bits per heavy atom. The molecule has 0 amide bonds. The van der Waals surface area contributed by atoms with Gasteiger partial charge in [0, 0.05) is 32.0 Å². The van der Waals surface area contributed by atoms with Gasteiger partial charge in [-0.15, -0.1) is 34.0 Å². The van der Waals surface area contributed by atoms with E-state index in [1.807, 2.05) is 13.8 Å². The quantitative estimate of drug-likeness (QED) is 0.119. The number of carbonyl (C=O) groups excluding carboxylic acids is 6. The molecule has 240 valence electrons. The van der Waals surface area contributed by atoms with Gasteiger partial charge >= 0.3 is 11.8 Å². The topological polar surface area (TPSA) is 102 Å². The molecule has 3 aromatic heterocycles. The van der Waals surface area contributed by atoms with Crippen LogP contribution in [0.1, 0.15) is 123 Å². The van der Waals surface area contributed by atoms with Gasteiger partial charge in [-0.25, -0.2) is 0 Å². The van der Waals surface area contributed by atoms with Crippen molar-refractivity contribution >= 4 is 68.7 Å².